The Morgan fingerprint density at radius 1 is 1.43 bits per heavy atom. The molecule has 0 radical (unpaired) electrons. The number of hydrogen-bond acceptors (Lipinski definition) is 2. The van der Waals surface area contributed by atoms with Gasteiger partial charge in [0.2, 0.25) is 0 Å². The van der Waals surface area contributed by atoms with E-state index in [1.807, 2.05) is 19.1 Å². The molecular weight excluding hydrogens is 293 g/mol. The first-order chi connectivity index (χ1) is 10.1. The van der Waals surface area contributed by atoms with Gasteiger partial charge in [-0.05, 0) is 36.2 Å². The van der Waals surface area contributed by atoms with Crippen LogP contribution in [0.2, 0.25) is 5.02 Å². The third-order valence-corrected chi connectivity index (χ3v) is 3.26. The molecule has 2 amide bonds. The number of hydrogen-bond donors (Lipinski definition) is 2. The van der Waals surface area contributed by atoms with Crippen LogP contribution < -0.4 is 10.6 Å². The lowest BCUT2D eigenvalue weighted by atomic mass is 10.1. The minimum Gasteiger partial charge on any atom is -0.334 e. The van der Waals surface area contributed by atoms with Crippen molar-refractivity contribution in [2.75, 3.05) is 0 Å². The van der Waals surface area contributed by atoms with Crippen LogP contribution in [0.3, 0.4) is 0 Å². The molecule has 6 heteroatoms. The quantitative estimate of drug-likeness (QED) is 0.909. The van der Waals surface area contributed by atoms with Gasteiger partial charge < -0.3 is 10.6 Å². The number of nitrogens with zero attached hydrogens (tertiary/aromatic N) is 1. The van der Waals surface area contributed by atoms with Crippen molar-refractivity contribution >= 4 is 17.6 Å². The van der Waals surface area contributed by atoms with Gasteiger partial charge in [-0.25, -0.2) is 9.18 Å². The van der Waals surface area contributed by atoms with Crippen molar-refractivity contribution < 1.29 is 9.18 Å². The summed E-state index contributed by atoms with van der Waals surface area (Å²) < 4.78 is 13.0. The van der Waals surface area contributed by atoms with Crippen LogP contribution in [0, 0.1) is 5.82 Å². The van der Waals surface area contributed by atoms with Crippen LogP contribution in [-0.2, 0) is 6.54 Å². The molecule has 21 heavy (non-hydrogen) atoms. The topological polar surface area (TPSA) is 54.0 Å². The van der Waals surface area contributed by atoms with Crippen LogP contribution in [0.4, 0.5) is 9.18 Å². The Balaban J connectivity index is 1.86. The molecule has 2 N–H and O–H groups in total. The third-order valence-electron chi connectivity index (χ3n) is 2.97. The van der Waals surface area contributed by atoms with Crippen LogP contribution in [0.15, 0.2) is 42.7 Å². The molecule has 110 valence electrons. The number of benzene rings is 1. The van der Waals surface area contributed by atoms with Gasteiger partial charge in [0.1, 0.15) is 5.82 Å². The molecule has 0 aliphatic heterocycles. The Bertz CT molecular complexity index is 622. The summed E-state index contributed by atoms with van der Waals surface area (Å²) in [4.78, 5) is 15.8. The summed E-state index contributed by atoms with van der Waals surface area (Å²) in [5.74, 6) is -0.477. The first kappa shape index (κ1) is 15.3. The van der Waals surface area contributed by atoms with Gasteiger partial charge in [0.05, 0.1) is 11.1 Å². The van der Waals surface area contributed by atoms with Gasteiger partial charge in [0, 0.05) is 18.9 Å². The largest absolute Gasteiger partial charge is 0.334 e. The average molecular weight is 308 g/mol. The zero-order chi connectivity index (χ0) is 15.2. The van der Waals surface area contributed by atoms with E-state index in [2.05, 4.69) is 15.6 Å². The van der Waals surface area contributed by atoms with Crippen molar-refractivity contribution in [2.45, 2.75) is 19.5 Å². The third kappa shape index (κ3) is 4.43. The molecule has 0 saturated heterocycles. The van der Waals surface area contributed by atoms with Crippen LogP contribution in [0.25, 0.3) is 0 Å². The lowest BCUT2D eigenvalue weighted by Crippen LogP contribution is -2.36. The molecule has 2 rings (SSSR count). The molecule has 0 unspecified atom stereocenters. The molecule has 0 aliphatic rings. The SMILES string of the molecule is C[C@H](NC(=O)NCc1ccc(F)c(Cl)c1)c1cccnc1. The van der Waals surface area contributed by atoms with E-state index >= 15 is 0 Å². The van der Waals surface area contributed by atoms with Gasteiger partial charge in [-0.3, -0.25) is 4.98 Å². The number of carbonyl (C=O) groups excluding carboxylic acids is 1. The maximum absolute atomic E-state index is 13.0. The van der Waals surface area contributed by atoms with E-state index in [0.717, 1.165) is 11.1 Å². The van der Waals surface area contributed by atoms with Crippen molar-refractivity contribution in [1.82, 2.24) is 15.6 Å². The highest BCUT2D eigenvalue weighted by Crippen LogP contribution is 2.16. The Labute approximate surface area is 127 Å². The first-order valence-corrected chi connectivity index (χ1v) is 6.82. The molecule has 1 heterocycles. The standard InChI is InChI=1S/C15H15ClFN3O/c1-10(12-3-2-6-18-9-12)20-15(21)19-8-11-4-5-14(17)13(16)7-11/h2-7,9-10H,8H2,1H3,(H2,19,20,21)/t10-/m0/s1. The molecular formula is C15H15ClFN3O. The fourth-order valence-electron chi connectivity index (χ4n) is 1.80. The van der Waals surface area contributed by atoms with Gasteiger partial charge >= 0.3 is 6.03 Å². The van der Waals surface area contributed by atoms with Gasteiger partial charge in [-0.1, -0.05) is 23.7 Å². The van der Waals surface area contributed by atoms with E-state index in [9.17, 15) is 9.18 Å². The Morgan fingerprint density at radius 2 is 2.24 bits per heavy atom. The summed E-state index contributed by atoms with van der Waals surface area (Å²) in [6.07, 6.45) is 3.37. The number of halogens is 2. The average Bonchev–Trinajstić information content (AvgIpc) is 2.49. The second-order valence-electron chi connectivity index (χ2n) is 4.58. The maximum atomic E-state index is 13.0. The summed E-state index contributed by atoms with van der Waals surface area (Å²) >= 11 is 5.68. The van der Waals surface area contributed by atoms with Crippen LogP contribution >= 0.6 is 11.6 Å². The normalized spacial score (nSPS) is 11.8. The van der Waals surface area contributed by atoms with E-state index < -0.39 is 5.82 Å². The lowest BCUT2D eigenvalue weighted by molar-refractivity contribution is 0.237. The van der Waals surface area contributed by atoms with Crippen molar-refractivity contribution in [3.05, 3.63) is 64.7 Å². The summed E-state index contributed by atoms with van der Waals surface area (Å²) in [5.41, 5.74) is 1.64. The Hall–Kier alpha value is -2.14. The highest BCUT2D eigenvalue weighted by atomic mass is 35.5. The van der Waals surface area contributed by atoms with Crippen molar-refractivity contribution in [2.24, 2.45) is 0 Å². The smallest absolute Gasteiger partial charge is 0.315 e. The number of amides is 2. The molecule has 1 aromatic carbocycles. The van der Waals surface area contributed by atoms with Gasteiger partial charge in [-0.15, -0.1) is 0 Å². The Kier molecular flexibility index (Phi) is 5.11. The van der Waals surface area contributed by atoms with Crippen molar-refractivity contribution in [1.29, 1.82) is 0 Å². The van der Waals surface area contributed by atoms with Crippen LogP contribution in [0.1, 0.15) is 24.1 Å². The summed E-state index contributed by atoms with van der Waals surface area (Å²) in [7, 11) is 0. The van der Waals surface area contributed by atoms with Crippen molar-refractivity contribution in [3.63, 3.8) is 0 Å². The molecule has 4 nitrogen and oxygen atoms in total. The predicted molar refractivity (Wildman–Crippen MR) is 79.4 cm³/mol. The fourth-order valence-corrected chi connectivity index (χ4v) is 2.00. The van der Waals surface area contributed by atoms with E-state index in [1.165, 1.54) is 12.1 Å². The molecule has 2 aromatic rings. The number of rotatable bonds is 4. The molecule has 0 bridgehead atoms. The zero-order valence-corrected chi connectivity index (χ0v) is 12.2. The minimum atomic E-state index is -0.477. The van der Waals surface area contributed by atoms with Gasteiger partial charge in [0.15, 0.2) is 0 Å². The number of carbonyl (C=O) groups is 1. The number of urea groups is 1. The second-order valence-corrected chi connectivity index (χ2v) is 4.99. The molecule has 0 aliphatic carbocycles. The van der Waals surface area contributed by atoms with E-state index in [4.69, 9.17) is 11.6 Å². The van der Waals surface area contributed by atoms with Gasteiger partial charge in [0.25, 0.3) is 0 Å². The molecule has 1 atom stereocenters. The fraction of sp³-hybridized carbons (Fsp3) is 0.200. The van der Waals surface area contributed by atoms with E-state index in [-0.39, 0.29) is 23.6 Å². The van der Waals surface area contributed by atoms with Crippen LogP contribution in [-0.4, -0.2) is 11.0 Å². The van der Waals surface area contributed by atoms with E-state index in [0.29, 0.717) is 0 Å². The molecule has 0 spiro atoms. The lowest BCUT2D eigenvalue weighted by Gasteiger charge is -2.14. The summed E-state index contributed by atoms with van der Waals surface area (Å²) in [6, 6.07) is 7.56. The second kappa shape index (κ2) is 7.04. The number of nitrogens with one attached hydrogen (secondary N) is 2. The minimum absolute atomic E-state index is 0.0402. The highest BCUT2D eigenvalue weighted by molar-refractivity contribution is 6.30. The monoisotopic (exact) mass is 307 g/mol. The van der Waals surface area contributed by atoms with Gasteiger partial charge in [-0.2, -0.15) is 0 Å². The highest BCUT2D eigenvalue weighted by Gasteiger charge is 2.09. The van der Waals surface area contributed by atoms with Crippen molar-refractivity contribution in [3.8, 4) is 0 Å². The zero-order valence-electron chi connectivity index (χ0n) is 11.4. The molecule has 0 fully saturated rings. The molecule has 0 saturated carbocycles. The van der Waals surface area contributed by atoms with E-state index in [1.54, 1.807) is 18.5 Å². The number of aromatic nitrogens is 1. The summed E-state index contributed by atoms with van der Waals surface area (Å²) in [5, 5.41) is 5.53. The predicted octanol–water partition coefficient (Wildman–Crippen LogP) is 3.43. The van der Waals surface area contributed by atoms with Crippen LogP contribution in [0.5, 0.6) is 0 Å². The Morgan fingerprint density at radius 3 is 2.90 bits per heavy atom. The summed E-state index contributed by atoms with van der Waals surface area (Å²) in [6.45, 7) is 2.14. The first-order valence-electron chi connectivity index (χ1n) is 6.44. The molecule has 1 aromatic heterocycles. The number of pyridine rings is 1. The maximum Gasteiger partial charge on any atom is 0.315 e.